The average molecular weight is 383 g/mol. The summed E-state index contributed by atoms with van der Waals surface area (Å²) < 4.78 is 38.8. The van der Waals surface area contributed by atoms with Crippen molar-refractivity contribution in [2.45, 2.75) is 57.8 Å². The fraction of sp³-hybridized carbons (Fsp3) is 0.579. The molecule has 1 aromatic carbocycles. The third-order valence-corrected chi connectivity index (χ3v) is 5.33. The van der Waals surface area contributed by atoms with Crippen LogP contribution in [0.5, 0.6) is 0 Å². The van der Waals surface area contributed by atoms with Gasteiger partial charge < -0.3 is 15.5 Å². The van der Waals surface area contributed by atoms with Gasteiger partial charge in [-0.2, -0.15) is 13.2 Å². The summed E-state index contributed by atoms with van der Waals surface area (Å²) in [6, 6.07) is 4.79. The van der Waals surface area contributed by atoms with E-state index in [9.17, 15) is 22.8 Å². The molecule has 0 bridgehead atoms. The molecular formula is C19H24F3N3O2. The van der Waals surface area contributed by atoms with Crippen molar-refractivity contribution in [1.29, 1.82) is 0 Å². The first-order chi connectivity index (χ1) is 12.7. The van der Waals surface area contributed by atoms with Crippen LogP contribution in [0.15, 0.2) is 18.2 Å². The molecule has 0 saturated heterocycles. The lowest BCUT2D eigenvalue weighted by molar-refractivity contribution is -0.183. The topological polar surface area (TPSA) is 61.4 Å². The number of benzene rings is 1. The minimum Gasteiger partial charge on any atom is -0.335 e. The van der Waals surface area contributed by atoms with Crippen molar-refractivity contribution in [3.63, 3.8) is 0 Å². The van der Waals surface area contributed by atoms with Gasteiger partial charge in [-0.15, -0.1) is 0 Å². The lowest BCUT2D eigenvalue weighted by atomic mass is 9.85. The first kappa shape index (κ1) is 19.5. The van der Waals surface area contributed by atoms with Gasteiger partial charge in [0.2, 0.25) is 5.91 Å². The molecule has 0 aromatic heterocycles. The van der Waals surface area contributed by atoms with E-state index in [2.05, 4.69) is 10.6 Å². The van der Waals surface area contributed by atoms with E-state index in [1.807, 2.05) is 18.2 Å². The summed E-state index contributed by atoms with van der Waals surface area (Å²) in [6.07, 6.45) is -2.47. The van der Waals surface area contributed by atoms with Crippen LogP contribution in [0.1, 0.15) is 43.7 Å². The molecule has 27 heavy (non-hydrogen) atoms. The number of rotatable bonds is 2. The number of halogens is 3. The van der Waals surface area contributed by atoms with E-state index in [0.29, 0.717) is 32.4 Å². The molecular weight excluding hydrogens is 359 g/mol. The molecule has 0 spiro atoms. The molecule has 1 aliphatic heterocycles. The second-order valence-corrected chi connectivity index (χ2v) is 7.35. The van der Waals surface area contributed by atoms with Crippen LogP contribution in [0, 0.1) is 5.92 Å². The second kappa shape index (κ2) is 7.78. The quantitative estimate of drug-likeness (QED) is 0.815. The van der Waals surface area contributed by atoms with E-state index in [1.165, 1.54) is 6.92 Å². The predicted molar refractivity (Wildman–Crippen MR) is 95.2 cm³/mol. The highest BCUT2D eigenvalue weighted by atomic mass is 19.4. The number of hydrogen-bond acceptors (Lipinski definition) is 2. The molecule has 2 unspecified atom stereocenters. The first-order valence-electron chi connectivity index (χ1n) is 9.24. The fourth-order valence-corrected chi connectivity index (χ4v) is 3.97. The van der Waals surface area contributed by atoms with Gasteiger partial charge in [0.05, 0.1) is 5.92 Å². The molecule has 2 atom stereocenters. The zero-order chi connectivity index (χ0) is 19.6. The molecule has 8 heteroatoms. The van der Waals surface area contributed by atoms with Gasteiger partial charge >= 0.3 is 12.2 Å². The van der Waals surface area contributed by atoms with Gasteiger partial charge in [0.1, 0.15) is 0 Å². The molecule has 2 aliphatic rings. The van der Waals surface area contributed by atoms with Crippen molar-refractivity contribution in [2.24, 2.45) is 5.92 Å². The summed E-state index contributed by atoms with van der Waals surface area (Å²) in [5.74, 6) is -1.49. The van der Waals surface area contributed by atoms with Gasteiger partial charge in [-0.3, -0.25) is 4.79 Å². The number of carbonyl (C=O) groups is 2. The van der Waals surface area contributed by atoms with Crippen molar-refractivity contribution in [3.8, 4) is 0 Å². The normalized spacial score (nSPS) is 22.7. The summed E-state index contributed by atoms with van der Waals surface area (Å²) in [5, 5.41) is 5.58. The molecule has 1 saturated carbocycles. The van der Waals surface area contributed by atoms with Crippen LogP contribution in [-0.4, -0.2) is 35.6 Å². The largest absolute Gasteiger partial charge is 0.391 e. The average Bonchev–Trinajstić information content (AvgIpc) is 2.60. The summed E-state index contributed by atoms with van der Waals surface area (Å²) >= 11 is 0. The summed E-state index contributed by atoms with van der Waals surface area (Å²) in [7, 11) is 0. The van der Waals surface area contributed by atoms with Crippen molar-refractivity contribution < 1.29 is 22.8 Å². The molecule has 2 N–H and O–H groups in total. The molecule has 3 amide bonds. The standard InChI is InChI=1S/C19H24F3N3O2/c1-12(26)23-17-7-2-4-13-11-25(9-8-16(13)17)18(27)24-15-6-3-5-14(10-15)19(20,21)22/h2,4,7,14-15H,3,5-6,8-11H2,1H3,(H,23,26)(H,24,27). The third-order valence-electron chi connectivity index (χ3n) is 5.33. The van der Waals surface area contributed by atoms with Gasteiger partial charge in [0.15, 0.2) is 0 Å². The zero-order valence-electron chi connectivity index (χ0n) is 15.2. The molecule has 1 aromatic rings. The highest BCUT2D eigenvalue weighted by Gasteiger charge is 2.42. The Kier molecular flexibility index (Phi) is 5.62. The molecule has 1 heterocycles. The SMILES string of the molecule is CC(=O)Nc1cccc2c1CCN(C(=O)NC1CCCC(C(F)(F)F)C1)C2. The number of anilines is 1. The zero-order valence-corrected chi connectivity index (χ0v) is 15.2. The Balaban J connectivity index is 1.62. The smallest absolute Gasteiger partial charge is 0.335 e. The first-order valence-corrected chi connectivity index (χ1v) is 9.24. The molecule has 1 fully saturated rings. The van der Waals surface area contributed by atoms with E-state index >= 15 is 0 Å². The molecule has 148 valence electrons. The van der Waals surface area contributed by atoms with Gasteiger partial charge in [-0.1, -0.05) is 18.6 Å². The number of amides is 3. The van der Waals surface area contributed by atoms with Crippen LogP contribution in [0.25, 0.3) is 0 Å². The number of nitrogens with zero attached hydrogens (tertiary/aromatic N) is 1. The summed E-state index contributed by atoms with van der Waals surface area (Å²) in [4.78, 5) is 25.5. The maximum atomic E-state index is 12.9. The summed E-state index contributed by atoms with van der Waals surface area (Å²) in [5.41, 5.74) is 2.70. The maximum Gasteiger partial charge on any atom is 0.391 e. The van der Waals surface area contributed by atoms with Gasteiger partial charge in [-0.25, -0.2) is 4.79 Å². The van der Waals surface area contributed by atoms with Crippen LogP contribution in [0.2, 0.25) is 0 Å². The lowest BCUT2D eigenvalue weighted by Gasteiger charge is -2.34. The van der Waals surface area contributed by atoms with E-state index in [0.717, 1.165) is 16.8 Å². The maximum absolute atomic E-state index is 12.9. The highest BCUT2D eigenvalue weighted by molar-refractivity contribution is 5.90. The van der Waals surface area contributed by atoms with Gasteiger partial charge in [-0.05, 0) is 42.9 Å². The Morgan fingerprint density at radius 2 is 2.00 bits per heavy atom. The van der Waals surface area contributed by atoms with Crippen molar-refractivity contribution in [2.75, 3.05) is 11.9 Å². The Hall–Kier alpha value is -2.25. The lowest BCUT2D eigenvalue weighted by Crippen LogP contribution is -2.48. The third kappa shape index (κ3) is 4.73. The second-order valence-electron chi connectivity index (χ2n) is 7.35. The number of nitrogens with one attached hydrogen (secondary N) is 2. The van der Waals surface area contributed by atoms with Crippen LogP contribution >= 0.6 is 0 Å². The van der Waals surface area contributed by atoms with Crippen LogP contribution < -0.4 is 10.6 Å². The van der Waals surface area contributed by atoms with E-state index in [1.54, 1.807) is 4.90 Å². The molecule has 1 aliphatic carbocycles. The molecule has 0 radical (unpaired) electrons. The monoisotopic (exact) mass is 383 g/mol. The van der Waals surface area contributed by atoms with Crippen molar-refractivity contribution in [3.05, 3.63) is 29.3 Å². The number of fused-ring (bicyclic) bond motifs is 1. The van der Waals surface area contributed by atoms with E-state index < -0.39 is 18.1 Å². The predicted octanol–water partition coefficient (Wildman–Crippen LogP) is 3.83. The van der Waals surface area contributed by atoms with Crippen LogP contribution in [-0.2, 0) is 17.8 Å². The molecule has 3 rings (SSSR count). The Labute approximate surface area is 156 Å². The van der Waals surface area contributed by atoms with Gasteiger partial charge in [0, 0.05) is 31.7 Å². The Morgan fingerprint density at radius 1 is 1.22 bits per heavy atom. The highest BCUT2D eigenvalue weighted by Crippen LogP contribution is 2.37. The number of alkyl halides is 3. The Bertz CT molecular complexity index is 721. The minimum absolute atomic E-state index is 0.0493. The van der Waals surface area contributed by atoms with Crippen LogP contribution in [0.4, 0.5) is 23.7 Å². The minimum atomic E-state index is -4.20. The van der Waals surface area contributed by atoms with Gasteiger partial charge in [0.25, 0.3) is 0 Å². The number of urea groups is 1. The van der Waals surface area contributed by atoms with Crippen LogP contribution in [0.3, 0.4) is 0 Å². The number of hydrogen-bond donors (Lipinski definition) is 2. The van der Waals surface area contributed by atoms with Crippen molar-refractivity contribution in [1.82, 2.24) is 10.2 Å². The number of carbonyl (C=O) groups excluding carboxylic acids is 2. The molecule has 5 nitrogen and oxygen atoms in total. The Morgan fingerprint density at radius 3 is 2.70 bits per heavy atom. The summed E-state index contributed by atoms with van der Waals surface area (Å²) in [6.45, 7) is 2.29. The fourth-order valence-electron chi connectivity index (χ4n) is 3.97. The van der Waals surface area contributed by atoms with E-state index in [-0.39, 0.29) is 24.8 Å². The van der Waals surface area contributed by atoms with E-state index in [4.69, 9.17) is 0 Å². The van der Waals surface area contributed by atoms with Crippen molar-refractivity contribution >= 4 is 17.6 Å².